The fourth-order valence-corrected chi connectivity index (χ4v) is 9.60. The topological polar surface area (TPSA) is 35.1 Å². The van der Waals surface area contributed by atoms with E-state index in [1.807, 2.05) is 6.07 Å². The van der Waals surface area contributed by atoms with Crippen LogP contribution in [0.3, 0.4) is 0 Å². The van der Waals surface area contributed by atoms with Crippen molar-refractivity contribution in [3.63, 3.8) is 0 Å². The molecule has 0 aliphatic rings. The Morgan fingerprint density at radius 3 is 1.88 bits per heavy atom. The Labute approximate surface area is 295 Å². The van der Waals surface area contributed by atoms with Crippen LogP contribution in [-0.2, 0) is 0 Å². The Balaban J connectivity index is 1.30. The monoisotopic (exact) mass is 666 g/mol. The summed E-state index contributed by atoms with van der Waals surface area (Å²) in [4.78, 5) is 11.7. The van der Waals surface area contributed by atoms with Crippen LogP contribution in [0.1, 0.15) is 0 Å². The molecule has 5 aromatic heterocycles. The molecule has 0 fully saturated rings. The zero-order valence-electron chi connectivity index (χ0n) is 27.2. The van der Waals surface area contributed by atoms with E-state index in [1.165, 1.54) is 70.1 Å². The highest BCUT2D eigenvalue weighted by molar-refractivity contribution is 7.25. The normalized spacial score (nSPS) is 12.3. The Morgan fingerprint density at radius 1 is 0.412 bits per heavy atom. The van der Waals surface area contributed by atoms with E-state index in [0.717, 1.165) is 38.5 Å². The van der Waals surface area contributed by atoms with Gasteiger partial charge < -0.3 is 4.40 Å². The highest BCUT2D eigenvalue weighted by atomic mass is 32.1. The van der Waals surface area contributed by atoms with Crippen molar-refractivity contribution in [3.8, 4) is 28.3 Å². The number of rotatable bonds is 3. The number of para-hydroxylation sites is 2. The number of hydrogen-bond donors (Lipinski definition) is 0. The zero-order chi connectivity index (χ0) is 33.2. The number of fused-ring (bicyclic) bond motifs is 13. The van der Waals surface area contributed by atoms with Crippen molar-refractivity contribution in [2.75, 3.05) is 0 Å². The molecule has 0 spiro atoms. The van der Waals surface area contributed by atoms with E-state index in [9.17, 15) is 0 Å². The van der Waals surface area contributed by atoms with Gasteiger partial charge in [0, 0.05) is 48.0 Å². The molecule has 0 atom stereocenters. The number of nitrogens with zero attached hydrogens (tertiary/aromatic N) is 4. The molecule has 0 aliphatic carbocycles. The van der Waals surface area contributed by atoms with E-state index in [2.05, 4.69) is 161 Å². The molecule has 51 heavy (non-hydrogen) atoms. The number of aromatic nitrogens is 4. The maximum atomic E-state index is 5.48. The largest absolute Gasteiger partial charge is 0.308 e. The molecule has 0 aliphatic heterocycles. The highest BCUT2D eigenvalue weighted by Crippen LogP contribution is 2.48. The fraction of sp³-hybridized carbons (Fsp3) is 0. The van der Waals surface area contributed by atoms with Gasteiger partial charge in [0.1, 0.15) is 4.83 Å². The maximum Gasteiger partial charge on any atom is 0.163 e. The van der Waals surface area contributed by atoms with Gasteiger partial charge in [0.15, 0.2) is 11.6 Å². The van der Waals surface area contributed by atoms with Gasteiger partial charge in [0.05, 0.1) is 33.0 Å². The fourth-order valence-electron chi connectivity index (χ4n) is 8.53. The van der Waals surface area contributed by atoms with E-state index in [4.69, 9.17) is 9.97 Å². The molecule has 12 aromatic rings. The summed E-state index contributed by atoms with van der Waals surface area (Å²) in [7, 11) is 0. The molecular weight excluding hydrogens is 641 g/mol. The third kappa shape index (κ3) is 3.63. The molecule has 0 radical (unpaired) electrons. The van der Waals surface area contributed by atoms with E-state index in [1.54, 1.807) is 11.3 Å². The molecule has 5 heterocycles. The summed E-state index contributed by atoms with van der Waals surface area (Å²) in [5, 5.41) is 9.78. The minimum atomic E-state index is 0.733. The van der Waals surface area contributed by atoms with Crippen LogP contribution >= 0.6 is 11.3 Å². The van der Waals surface area contributed by atoms with E-state index in [-0.39, 0.29) is 0 Å². The second kappa shape index (κ2) is 10.0. The molecule has 0 unspecified atom stereocenters. The van der Waals surface area contributed by atoms with Gasteiger partial charge in [-0.05, 0) is 41.5 Å². The molecule has 0 saturated heterocycles. The summed E-state index contributed by atoms with van der Waals surface area (Å²) in [6.45, 7) is 0. The van der Waals surface area contributed by atoms with E-state index in [0.29, 0.717) is 0 Å². The lowest BCUT2D eigenvalue weighted by molar-refractivity contribution is 1.08. The van der Waals surface area contributed by atoms with Crippen molar-refractivity contribution in [1.29, 1.82) is 0 Å². The maximum absolute atomic E-state index is 5.48. The smallest absolute Gasteiger partial charge is 0.163 e. The summed E-state index contributed by atoms with van der Waals surface area (Å²) >= 11 is 1.74. The van der Waals surface area contributed by atoms with Gasteiger partial charge in [-0.25, -0.2) is 9.97 Å². The molecule has 236 valence electrons. The first-order valence-electron chi connectivity index (χ1n) is 17.3. The first kappa shape index (κ1) is 27.3. The third-order valence-electron chi connectivity index (χ3n) is 10.7. The Kier molecular flexibility index (Phi) is 5.35. The lowest BCUT2D eigenvalue weighted by Gasteiger charge is -2.11. The predicted octanol–water partition coefficient (Wildman–Crippen LogP) is 12.4. The van der Waals surface area contributed by atoms with Crippen LogP contribution in [0.4, 0.5) is 0 Å². The Hall–Kier alpha value is -6.56. The second-order valence-electron chi connectivity index (χ2n) is 13.4. The average Bonchev–Trinajstić information content (AvgIpc) is 3.93. The quantitative estimate of drug-likeness (QED) is 0.188. The lowest BCUT2D eigenvalue weighted by Crippen LogP contribution is -2.01. The van der Waals surface area contributed by atoms with Crippen molar-refractivity contribution in [2.45, 2.75) is 0 Å². The first-order chi connectivity index (χ1) is 25.3. The van der Waals surface area contributed by atoms with Crippen LogP contribution in [0.25, 0.3) is 109 Å². The minimum absolute atomic E-state index is 0.733. The van der Waals surface area contributed by atoms with Crippen molar-refractivity contribution < 1.29 is 0 Å². The van der Waals surface area contributed by atoms with Gasteiger partial charge in [0.2, 0.25) is 0 Å². The number of hydrogen-bond acceptors (Lipinski definition) is 3. The van der Waals surface area contributed by atoms with Gasteiger partial charge in [-0.3, -0.25) is 4.57 Å². The van der Waals surface area contributed by atoms with Crippen LogP contribution in [0.15, 0.2) is 158 Å². The van der Waals surface area contributed by atoms with Crippen molar-refractivity contribution in [3.05, 3.63) is 158 Å². The van der Waals surface area contributed by atoms with Gasteiger partial charge >= 0.3 is 0 Å². The van der Waals surface area contributed by atoms with Crippen LogP contribution in [0.2, 0.25) is 0 Å². The molecule has 5 heteroatoms. The van der Waals surface area contributed by atoms with Crippen molar-refractivity contribution in [1.82, 2.24) is 18.9 Å². The molecule has 0 bridgehead atoms. The van der Waals surface area contributed by atoms with Crippen LogP contribution in [-0.4, -0.2) is 18.9 Å². The summed E-state index contributed by atoms with van der Waals surface area (Å²) in [5.74, 6) is 1.65. The van der Waals surface area contributed by atoms with Gasteiger partial charge in [-0.15, -0.1) is 11.3 Å². The van der Waals surface area contributed by atoms with Crippen LogP contribution < -0.4 is 0 Å². The predicted molar refractivity (Wildman–Crippen MR) is 215 cm³/mol. The van der Waals surface area contributed by atoms with Gasteiger partial charge in [-0.2, -0.15) is 0 Å². The van der Waals surface area contributed by atoms with Crippen LogP contribution in [0.5, 0.6) is 0 Å². The number of thiophene rings is 1. The molecule has 12 rings (SSSR count). The summed E-state index contributed by atoms with van der Waals surface area (Å²) in [6.07, 6.45) is 0. The third-order valence-corrected chi connectivity index (χ3v) is 11.7. The van der Waals surface area contributed by atoms with Crippen LogP contribution in [0, 0.1) is 0 Å². The Morgan fingerprint density at radius 2 is 1.08 bits per heavy atom. The zero-order valence-corrected chi connectivity index (χ0v) is 28.0. The van der Waals surface area contributed by atoms with E-state index < -0.39 is 0 Å². The summed E-state index contributed by atoms with van der Waals surface area (Å²) < 4.78 is 6.12. The van der Waals surface area contributed by atoms with Gasteiger partial charge in [0.25, 0.3) is 0 Å². The Bertz CT molecular complexity index is 3350. The number of benzene rings is 7. The van der Waals surface area contributed by atoms with Crippen molar-refractivity contribution in [2.24, 2.45) is 0 Å². The van der Waals surface area contributed by atoms with E-state index >= 15 is 0 Å². The molecular formula is C46H26N4S. The van der Waals surface area contributed by atoms with Gasteiger partial charge in [-0.1, -0.05) is 127 Å². The molecule has 0 amide bonds. The minimum Gasteiger partial charge on any atom is -0.308 e. The average molecular weight is 667 g/mol. The first-order valence-corrected chi connectivity index (χ1v) is 18.1. The lowest BCUT2D eigenvalue weighted by atomic mass is 10.0. The highest BCUT2D eigenvalue weighted by Gasteiger charge is 2.26. The van der Waals surface area contributed by atoms with Crippen molar-refractivity contribution >= 4 is 91.5 Å². The molecule has 7 aromatic carbocycles. The molecule has 4 nitrogen and oxygen atoms in total. The molecule has 0 N–H and O–H groups in total. The molecule has 0 saturated carbocycles. The summed E-state index contributed by atoms with van der Waals surface area (Å²) in [5.41, 5.74) is 9.44. The summed E-state index contributed by atoms with van der Waals surface area (Å²) in [6, 6.07) is 56.8. The second-order valence-corrected chi connectivity index (χ2v) is 14.4. The SMILES string of the molecule is c1ccc(-c2ccc3c4cc5c(c6ccccc6n5-c5nc(-c6ccccc6)nc6sc7ccccc7c56)c5c6ccccc6n(c3c2)c45)cc1. The standard InChI is InChI=1S/C46H26N4S/c1-3-13-27(14-4-1)29-23-24-30-34-26-38-40(41-32-18-8-10-20-35(32)49(43(34)41)37(30)25-29)31-17-7-11-21-36(31)50(38)45-42-33-19-9-12-22-39(33)51-46(42)48-44(47-45)28-15-5-2-6-16-28/h1-26H.